The van der Waals surface area contributed by atoms with Gasteiger partial charge < -0.3 is 5.11 Å². The molecule has 3 aromatic carbocycles. The molecule has 0 fully saturated rings. The van der Waals surface area contributed by atoms with E-state index < -0.39 is 0 Å². The molecule has 4 aromatic rings. The third-order valence-electron chi connectivity index (χ3n) is 10.6. The molecule has 1 aromatic heterocycles. The molecule has 46 heavy (non-hydrogen) atoms. The predicted molar refractivity (Wildman–Crippen MR) is 190 cm³/mol. The van der Waals surface area contributed by atoms with Gasteiger partial charge in [0.1, 0.15) is 11.6 Å². The summed E-state index contributed by atoms with van der Waals surface area (Å²) in [6.45, 7) is 18.6. The molecule has 5 heteroatoms. The van der Waals surface area contributed by atoms with E-state index in [1.807, 2.05) is 48.5 Å². The van der Waals surface area contributed by atoms with Gasteiger partial charge in [-0.3, -0.25) is 9.78 Å². The molecule has 0 amide bonds. The molecule has 0 unspecified atom stereocenters. The van der Waals surface area contributed by atoms with E-state index in [0.717, 1.165) is 53.7 Å². The first-order chi connectivity index (χ1) is 21.4. The van der Waals surface area contributed by atoms with Gasteiger partial charge in [0, 0.05) is 42.4 Å². The maximum Gasteiger partial charge on any atom is 0.164 e. The number of allylic oxidation sites excluding steroid dienone is 2. The van der Waals surface area contributed by atoms with Gasteiger partial charge in [-0.2, -0.15) is 0 Å². The van der Waals surface area contributed by atoms with Gasteiger partial charge in [-0.15, -0.1) is 34.9 Å². The van der Waals surface area contributed by atoms with Crippen molar-refractivity contribution >= 4 is 27.5 Å². The average molecular weight is 798 g/mol. The first kappa shape index (κ1) is 37.6. The van der Waals surface area contributed by atoms with Crippen LogP contribution in [-0.4, -0.2) is 20.9 Å². The van der Waals surface area contributed by atoms with E-state index in [1.54, 1.807) is 0 Å². The van der Waals surface area contributed by atoms with E-state index >= 15 is 0 Å². The molecule has 1 aliphatic carbocycles. The van der Waals surface area contributed by atoms with Crippen molar-refractivity contribution in [1.82, 2.24) is 9.97 Å². The summed E-state index contributed by atoms with van der Waals surface area (Å²) in [6.07, 6.45) is 9.67. The van der Waals surface area contributed by atoms with E-state index in [2.05, 4.69) is 62.4 Å². The Kier molecular flexibility index (Phi) is 12.9. The van der Waals surface area contributed by atoms with Crippen LogP contribution in [0.4, 0.5) is 0 Å². The van der Waals surface area contributed by atoms with E-state index in [-0.39, 0.29) is 42.5 Å². The van der Waals surface area contributed by atoms with Crippen molar-refractivity contribution in [2.45, 2.75) is 120 Å². The van der Waals surface area contributed by atoms with Gasteiger partial charge in [0.25, 0.3) is 0 Å². The van der Waals surface area contributed by atoms with Gasteiger partial charge in [0.05, 0.1) is 5.52 Å². The Morgan fingerprint density at radius 3 is 2.17 bits per heavy atom. The molecule has 0 aliphatic heterocycles. The number of aliphatic hydroxyl groups excluding tert-OH is 1. The van der Waals surface area contributed by atoms with Crippen LogP contribution in [0.5, 0.6) is 0 Å². The smallest absolute Gasteiger partial charge is 0.164 e. The number of fused-ring (bicyclic) bond motifs is 4. The zero-order valence-corrected chi connectivity index (χ0v) is 31.8. The minimum Gasteiger partial charge on any atom is -0.512 e. The maximum atomic E-state index is 12.2. The van der Waals surface area contributed by atoms with E-state index in [4.69, 9.17) is 9.97 Å². The van der Waals surface area contributed by atoms with Crippen LogP contribution in [0.15, 0.2) is 54.3 Å². The number of carbonyl (C=O) groups is 1. The van der Waals surface area contributed by atoms with Gasteiger partial charge >= 0.3 is 0 Å². The monoisotopic (exact) mass is 798 g/mol. The normalized spacial score (nSPS) is 13.7. The molecular formula is C41H53IrN2O2-. The van der Waals surface area contributed by atoms with Crippen molar-refractivity contribution < 1.29 is 30.0 Å². The second-order valence-corrected chi connectivity index (χ2v) is 13.7. The number of hydrogen-bond acceptors (Lipinski definition) is 4. The molecular weight excluding hydrogens is 745 g/mol. The average Bonchev–Trinajstić information content (AvgIpc) is 3.06. The summed E-state index contributed by atoms with van der Waals surface area (Å²) in [4.78, 5) is 21.9. The van der Waals surface area contributed by atoms with Crippen LogP contribution < -0.4 is 0 Å². The summed E-state index contributed by atoms with van der Waals surface area (Å²) in [5.74, 6) is 1.55. The van der Waals surface area contributed by atoms with Crippen LogP contribution in [0, 0.1) is 23.8 Å². The van der Waals surface area contributed by atoms with E-state index in [0.29, 0.717) is 5.92 Å². The molecule has 1 radical (unpaired) electrons. The maximum absolute atomic E-state index is 12.2. The van der Waals surface area contributed by atoms with Crippen molar-refractivity contribution in [3.63, 3.8) is 0 Å². The first-order valence-corrected chi connectivity index (χ1v) is 17.1. The molecule has 5 rings (SSSR count). The van der Waals surface area contributed by atoms with Gasteiger partial charge in [-0.25, -0.2) is 4.98 Å². The Morgan fingerprint density at radius 1 is 0.935 bits per heavy atom. The second kappa shape index (κ2) is 15.8. The summed E-state index contributed by atoms with van der Waals surface area (Å²) < 4.78 is 0. The fourth-order valence-corrected chi connectivity index (χ4v) is 6.27. The van der Waals surface area contributed by atoms with E-state index in [1.165, 1.54) is 59.2 Å². The Morgan fingerprint density at radius 2 is 1.57 bits per heavy atom. The molecule has 1 aliphatic rings. The number of benzene rings is 3. The summed E-state index contributed by atoms with van der Waals surface area (Å²) in [6, 6.07) is 19.0. The summed E-state index contributed by atoms with van der Waals surface area (Å²) in [7, 11) is 0. The van der Waals surface area contributed by atoms with Crippen molar-refractivity contribution in [2.24, 2.45) is 10.8 Å². The summed E-state index contributed by atoms with van der Waals surface area (Å²) in [5.41, 5.74) is 6.84. The van der Waals surface area contributed by atoms with Gasteiger partial charge in [0.15, 0.2) is 5.78 Å². The predicted octanol–water partition coefficient (Wildman–Crippen LogP) is 11.2. The number of rotatable bonds is 9. The standard InChI is InChI=1S/C26H25N2.C15H28O2.Ir/c1-16(2)22-10-6-9-19-13-14-23-25(27-17(3)28-26(23)24(19)22)21-12-11-18-7-4-5-8-20(18)15-21;1-7-14(5,8-2)12(16)11-13(17)15(6,9-3)10-4;/h6,9-11,13-16H,4-5,7-8H2,1-3H3;11,16H,7-10H2,1-6H3;/q-1;;/b;12-11-;. The van der Waals surface area contributed by atoms with Gasteiger partial charge in [0.2, 0.25) is 0 Å². The fourth-order valence-electron chi connectivity index (χ4n) is 6.27. The van der Waals surface area contributed by atoms with Crippen molar-refractivity contribution in [3.05, 3.63) is 82.9 Å². The topological polar surface area (TPSA) is 63.1 Å². The number of ketones is 1. The third kappa shape index (κ3) is 7.80. The number of hydrogen-bond donors (Lipinski definition) is 1. The molecule has 4 nitrogen and oxygen atoms in total. The Balaban J connectivity index is 0.000000280. The summed E-state index contributed by atoms with van der Waals surface area (Å²) >= 11 is 0. The van der Waals surface area contributed by atoms with Crippen LogP contribution in [0.25, 0.3) is 32.9 Å². The van der Waals surface area contributed by atoms with Crippen LogP contribution in [0.2, 0.25) is 0 Å². The molecule has 249 valence electrons. The number of aromatic nitrogens is 2. The quantitative estimate of drug-likeness (QED) is 0.0793. The van der Waals surface area contributed by atoms with E-state index in [9.17, 15) is 9.90 Å². The van der Waals surface area contributed by atoms with Crippen molar-refractivity contribution in [1.29, 1.82) is 0 Å². The van der Waals surface area contributed by atoms with Crippen LogP contribution in [0.3, 0.4) is 0 Å². The molecule has 0 atom stereocenters. The zero-order chi connectivity index (χ0) is 32.9. The number of carbonyl (C=O) groups excluding carboxylic acids is 1. The first-order valence-electron chi connectivity index (χ1n) is 17.1. The Labute approximate surface area is 290 Å². The van der Waals surface area contributed by atoms with Crippen LogP contribution >= 0.6 is 0 Å². The Hall–Kier alpha value is -2.88. The number of aliphatic hydroxyl groups is 1. The Bertz CT molecular complexity index is 1700. The molecule has 0 spiro atoms. The van der Waals surface area contributed by atoms with Crippen molar-refractivity contribution in [2.75, 3.05) is 0 Å². The largest absolute Gasteiger partial charge is 0.512 e. The van der Waals surface area contributed by atoms with Gasteiger partial charge in [-0.05, 0) is 67.0 Å². The number of aryl methyl sites for hydroxylation is 3. The minimum atomic E-state index is -0.337. The van der Waals surface area contributed by atoms with Crippen LogP contribution in [-0.2, 0) is 37.7 Å². The third-order valence-corrected chi connectivity index (χ3v) is 10.6. The van der Waals surface area contributed by atoms with Crippen LogP contribution in [0.1, 0.15) is 122 Å². The molecule has 1 heterocycles. The fraction of sp³-hybridized carbons (Fsp3) is 0.488. The second-order valence-electron chi connectivity index (χ2n) is 13.7. The molecule has 0 bridgehead atoms. The minimum absolute atomic E-state index is 0. The molecule has 0 saturated carbocycles. The summed E-state index contributed by atoms with van der Waals surface area (Å²) in [5, 5.41) is 13.8. The number of nitrogens with zero attached hydrogens (tertiary/aromatic N) is 2. The van der Waals surface area contributed by atoms with Gasteiger partial charge in [-0.1, -0.05) is 105 Å². The SMILES string of the molecule is CCC(C)(CC)C(=O)/C=C(\O)C(C)(CC)CC.Cc1nc(-c2[c-]cc3c(c2)CCCC3)c2ccc3cccc(C(C)C)c3c2n1.[Ir]. The molecule has 0 saturated heterocycles. The van der Waals surface area contributed by atoms with Crippen molar-refractivity contribution in [3.8, 4) is 11.3 Å². The zero-order valence-electron chi connectivity index (χ0n) is 29.4. The molecule has 1 N–H and O–H groups in total.